The van der Waals surface area contributed by atoms with Gasteiger partial charge in [-0.15, -0.1) is 0 Å². The second-order valence-corrected chi connectivity index (χ2v) is 4.88. The maximum atomic E-state index is 8.80. The fourth-order valence-electron chi connectivity index (χ4n) is 2.35. The van der Waals surface area contributed by atoms with E-state index in [1.807, 2.05) is 0 Å². The number of nitrogens with one attached hydrogen (secondary N) is 1. The Hall–Kier alpha value is -1.06. The molecule has 3 nitrogen and oxygen atoms in total. The van der Waals surface area contributed by atoms with Crippen LogP contribution >= 0.6 is 0 Å². The van der Waals surface area contributed by atoms with Gasteiger partial charge in [-0.2, -0.15) is 0 Å². The third kappa shape index (κ3) is 2.99. The van der Waals surface area contributed by atoms with Gasteiger partial charge in [-0.05, 0) is 43.5 Å². The lowest BCUT2D eigenvalue weighted by Crippen LogP contribution is -2.34. The molecule has 1 unspecified atom stereocenters. The first kappa shape index (κ1) is 12.4. The third-order valence-electron chi connectivity index (χ3n) is 3.59. The Kier molecular flexibility index (Phi) is 4.02. The van der Waals surface area contributed by atoms with E-state index in [0.29, 0.717) is 12.6 Å². The van der Waals surface area contributed by atoms with E-state index in [4.69, 9.17) is 5.11 Å². The van der Waals surface area contributed by atoms with Crippen LogP contribution in [0.4, 0.5) is 5.69 Å². The lowest BCUT2D eigenvalue weighted by molar-refractivity contribution is 0.286. The maximum Gasteiger partial charge on any atom is 0.0556 e. The van der Waals surface area contributed by atoms with E-state index in [1.54, 1.807) is 0 Å². The number of nitrogens with zero attached hydrogens (tertiary/aromatic N) is 1. The molecule has 17 heavy (non-hydrogen) atoms. The Balaban J connectivity index is 1.97. The number of aliphatic hydroxyl groups excluding tert-OH is 1. The molecule has 1 aliphatic rings. The van der Waals surface area contributed by atoms with Crippen molar-refractivity contribution >= 4 is 5.69 Å². The highest BCUT2D eigenvalue weighted by Crippen LogP contribution is 2.22. The van der Waals surface area contributed by atoms with Gasteiger partial charge < -0.3 is 15.3 Å². The summed E-state index contributed by atoms with van der Waals surface area (Å²) in [5.41, 5.74) is 4.03. The van der Waals surface area contributed by atoms with E-state index < -0.39 is 0 Å². The molecule has 2 rings (SSSR count). The summed E-state index contributed by atoms with van der Waals surface area (Å²) in [6.07, 6.45) is 1.16. The number of rotatable bonds is 4. The van der Waals surface area contributed by atoms with Gasteiger partial charge in [-0.1, -0.05) is 6.07 Å². The highest BCUT2D eigenvalue weighted by Gasteiger charge is 2.21. The molecule has 0 aromatic heterocycles. The quantitative estimate of drug-likeness (QED) is 0.828. The predicted octanol–water partition coefficient (Wildman–Crippen LogP) is 1.46. The monoisotopic (exact) mass is 234 g/mol. The van der Waals surface area contributed by atoms with Crippen molar-refractivity contribution in [2.75, 3.05) is 31.1 Å². The zero-order valence-corrected chi connectivity index (χ0v) is 10.7. The average molecular weight is 234 g/mol. The first-order valence-corrected chi connectivity index (χ1v) is 6.37. The second-order valence-electron chi connectivity index (χ2n) is 4.88. The van der Waals surface area contributed by atoms with Gasteiger partial charge in [-0.3, -0.25) is 0 Å². The minimum Gasteiger partial charge on any atom is -0.395 e. The molecule has 0 amide bonds. The summed E-state index contributed by atoms with van der Waals surface area (Å²) in [7, 11) is 0. The van der Waals surface area contributed by atoms with Crippen LogP contribution < -0.4 is 10.2 Å². The van der Waals surface area contributed by atoms with Crippen molar-refractivity contribution < 1.29 is 5.11 Å². The molecule has 3 heteroatoms. The van der Waals surface area contributed by atoms with E-state index in [2.05, 4.69) is 42.3 Å². The molecule has 0 saturated carbocycles. The van der Waals surface area contributed by atoms with Crippen molar-refractivity contribution in [1.82, 2.24) is 5.32 Å². The van der Waals surface area contributed by atoms with Crippen molar-refractivity contribution in [3.63, 3.8) is 0 Å². The van der Waals surface area contributed by atoms with Crippen LogP contribution in [0.1, 0.15) is 17.5 Å². The van der Waals surface area contributed by atoms with Gasteiger partial charge in [0, 0.05) is 31.4 Å². The molecule has 94 valence electrons. The van der Waals surface area contributed by atoms with Crippen LogP contribution in [-0.2, 0) is 0 Å². The minimum absolute atomic E-state index is 0.222. The number of hydrogen-bond acceptors (Lipinski definition) is 3. The topological polar surface area (TPSA) is 35.5 Å². The fourth-order valence-corrected chi connectivity index (χ4v) is 2.35. The summed E-state index contributed by atoms with van der Waals surface area (Å²) >= 11 is 0. The Bertz CT molecular complexity index is 378. The van der Waals surface area contributed by atoms with Gasteiger partial charge >= 0.3 is 0 Å². The second kappa shape index (κ2) is 5.52. The predicted molar refractivity (Wildman–Crippen MR) is 71.6 cm³/mol. The molecule has 0 radical (unpaired) electrons. The van der Waals surface area contributed by atoms with E-state index >= 15 is 0 Å². The van der Waals surface area contributed by atoms with Gasteiger partial charge in [0.05, 0.1) is 6.61 Å². The van der Waals surface area contributed by atoms with Gasteiger partial charge in [0.25, 0.3) is 0 Å². The van der Waals surface area contributed by atoms with Crippen LogP contribution in [0, 0.1) is 13.8 Å². The largest absolute Gasteiger partial charge is 0.395 e. The summed E-state index contributed by atoms with van der Waals surface area (Å²) < 4.78 is 0. The zero-order chi connectivity index (χ0) is 12.3. The van der Waals surface area contributed by atoms with Crippen molar-refractivity contribution in [3.8, 4) is 0 Å². The molecule has 2 N–H and O–H groups in total. The van der Waals surface area contributed by atoms with Crippen LogP contribution in [0.3, 0.4) is 0 Å². The lowest BCUT2D eigenvalue weighted by atomic mass is 10.1. The number of aliphatic hydroxyl groups is 1. The molecule has 1 aliphatic heterocycles. The van der Waals surface area contributed by atoms with Gasteiger partial charge in [-0.25, -0.2) is 0 Å². The molecule has 1 fully saturated rings. The van der Waals surface area contributed by atoms with E-state index in [1.165, 1.54) is 16.8 Å². The molecule has 1 heterocycles. The number of hydrogen-bond donors (Lipinski definition) is 2. The maximum absolute atomic E-state index is 8.80. The summed E-state index contributed by atoms with van der Waals surface area (Å²) in [5, 5.41) is 12.2. The van der Waals surface area contributed by atoms with Gasteiger partial charge in [0.15, 0.2) is 0 Å². The first-order chi connectivity index (χ1) is 8.20. The number of anilines is 1. The highest BCUT2D eigenvalue weighted by atomic mass is 16.3. The Morgan fingerprint density at radius 1 is 1.35 bits per heavy atom. The normalized spacial score (nSPS) is 19.9. The Morgan fingerprint density at radius 3 is 2.88 bits per heavy atom. The molecule has 1 saturated heterocycles. The molecule has 0 bridgehead atoms. The third-order valence-corrected chi connectivity index (χ3v) is 3.59. The highest BCUT2D eigenvalue weighted by molar-refractivity contribution is 5.51. The summed E-state index contributed by atoms with van der Waals surface area (Å²) in [6, 6.07) is 7.18. The lowest BCUT2D eigenvalue weighted by Gasteiger charge is -2.20. The van der Waals surface area contributed by atoms with Gasteiger partial charge in [0.1, 0.15) is 0 Å². The smallest absolute Gasteiger partial charge is 0.0556 e. The van der Waals surface area contributed by atoms with Crippen LogP contribution in [-0.4, -0.2) is 37.4 Å². The number of aryl methyl sites for hydroxylation is 2. The zero-order valence-electron chi connectivity index (χ0n) is 10.7. The molecule has 1 atom stereocenters. The van der Waals surface area contributed by atoms with E-state index in [9.17, 15) is 0 Å². The van der Waals surface area contributed by atoms with Gasteiger partial charge in [0.2, 0.25) is 0 Å². The summed E-state index contributed by atoms with van der Waals surface area (Å²) in [5.74, 6) is 0. The van der Waals surface area contributed by atoms with Crippen LogP contribution in [0.2, 0.25) is 0 Å². The van der Waals surface area contributed by atoms with Crippen LogP contribution in [0.15, 0.2) is 18.2 Å². The Morgan fingerprint density at radius 2 is 2.18 bits per heavy atom. The molecular weight excluding hydrogens is 212 g/mol. The first-order valence-electron chi connectivity index (χ1n) is 6.37. The average Bonchev–Trinajstić information content (AvgIpc) is 2.79. The SMILES string of the molecule is Cc1ccc(N2CCC(NCCO)C2)cc1C. The summed E-state index contributed by atoms with van der Waals surface area (Å²) in [6.45, 7) is 7.38. The molecule has 1 aromatic rings. The molecule has 0 spiro atoms. The van der Waals surface area contributed by atoms with Crippen molar-refractivity contribution in [2.24, 2.45) is 0 Å². The minimum atomic E-state index is 0.222. The fraction of sp³-hybridized carbons (Fsp3) is 0.571. The standard InChI is InChI=1S/C14H22N2O/c1-11-3-4-14(9-12(11)2)16-7-5-13(10-16)15-6-8-17/h3-4,9,13,15,17H,5-8,10H2,1-2H3. The number of benzene rings is 1. The van der Waals surface area contributed by atoms with Crippen molar-refractivity contribution in [2.45, 2.75) is 26.3 Å². The van der Waals surface area contributed by atoms with E-state index in [-0.39, 0.29) is 6.61 Å². The molecular formula is C14H22N2O. The van der Waals surface area contributed by atoms with Crippen LogP contribution in [0.25, 0.3) is 0 Å². The Labute approximate surface area is 103 Å². The molecule has 0 aliphatic carbocycles. The van der Waals surface area contributed by atoms with Crippen LogP contribution in [0.5, 0.6) is 0 Å². The van der Waals surface area contributed by atoms with Crippen molar-refractivity contribution in [1.29, 1.82) is 0 Å². The van der Waals surface area contributed by atoms with Crippen molar-refractivity contribution in [3.05, 3.63) is 29.3 Å². The molecule has 1 aromatic carbocycles. The summed E-state index contributed by atoms with van der Waals surface area (Å²) in [4.78, 5) is 2.42. The van der Waals surface area contributed by atoms with E-state index in [0.717, 1.165) is 19.5 Å².